The molecule has 0 aliphatic rings. The molecule has 1 nitrogen and oxygen atoms in total. The summed E-state index contributed by atoms with van der Waals surface area (Å²) >= 11 is 0. The molecule has 0 N–H and O–H groups in total. The van der Waals surface area contributed by atoms with Gasteiger partial charge in [-0.1, -0.05) is 32.3 Å². The molecular weight excluding hydrogens is 184 g/mol. The van der Waals surface area contributed by atoms with Gasteiger partial charge in [0.2, 0.25) is 0 Å². The van der Waals surface area contributed by atoms with E-state index in [1.807, 2.05) is 0 Å². The Morgan fingerprint density at radius 1 is 0.933 bits per heavy atom. The number of benzene rings is 1. The zero-order chi connectivity index (χ0) is 11.1. The molecular formula is C14H22O. The first-order chi connectivity index (χ1) is 7.22. The van der Waals surface area contributed by atoms with Crippen molar-refractivity contribution in [2.45, 2.75) is 46.5 Å². The fourth-order valence-corrected chi connectivity index (χ4v) is 1.74. The van der Waals surface area contributed by atoms with Gasteiger partial charge in [0.1, 0.15) is 5.75 Å². The van der Waals surface area contributed by atoms with E-state index in [1.54, 1.807) is 0 Å². The van der Waals surface area contributed by atoms with E-state index in [9.17, 15) is 0 Å². The number of hydrogen-bond donors (Lipinski definition) is 0. The smallest absolute Gasteiger partial charge is 0.119 e. The van der Waals surface area contributed by atoms with Gasteiger partial charge in [0.15, 0.2) is 0 Å². The average Bonchev–Trinajstić information content (AvgIpc) is 2.16. The Bertz CT molecular complexity index is 271. The van der Waals surface area contributed by atoms with Gasteiger partial charge in [-0.05, 0) is 43.5 Å². The summed E-state index contributed by atoms with van der Waals surface area (Å²) in [6.45, 7) is 7.29. The molecule has 0 spiro atoms. The van der Waals surface area contributed by atoms with Crippen LogP contribution in [0, 0.1) is 13.8 Å². The van der Waals surface area contributed by atoms with Crippen molar-refractivity contribution in [3.05, 3.63) is 29.3 Å². The van der Waals surface area contributed by atoms with E-state index >= 15 is 0 Å². The predicted molar refractivity (Wildman–Crippen MR) is 65.6 cm³/mol. The maximum absolute atomic E-state index is 5.71. The van der Waals surface area contributed by atoms with Crippen LogP contribution < -0.4 is 4.74 Å². The van der Waals surface area contributed by atoms with Crippen LogP contribution in [-0.2, 0) is 0 Å². The molecule has 0 heterocycles. The Morgan fingerprint density at radius 3 is 2.20 bits per heavy atom. The van der Waals surface area contributed by atoms with Crippen LogP contribution in [0.3, 0.4) is 0 Å². The zero-order valence-corrected chi connectivity index (χ0v) is 10.2. The van der Waals surface area contributed by atoms with Gasteiger partial charge in [-0.15, -0.1) is 0 Å². The molecule has 1 heteroatoms. The van der Waals surface area contributed by atoms with Crippen LogP contribution in [-0.4, -0.2) is 6.61 Å². The molecule has 0 aliphatic carbocycles. The summed E-state index contributed by atoms with van der Waals surface area (Å²) in [7, 11) is 0. The molecule has 0 atom stereocenters. The van der Waals surface area contributed by atoms with Crippen LogP contribution in [0.4, 0.5) is 0 Å². The molecule has 15 heavy (non-hydrogen) atoms. The molecule has 0 aromatic heterocycles. The van der Waals surface area contributed by atoms with Crippen LogP contribution in [0.1, 0.15) is 43.7 Å². The SMILES string of the molecule is CCCCCCOc1cc(C)cc(C)c1. The number of rotatable bonds is 6. The summed E-state index contributed by atoms with van der Waals surface area (Å²) in [4.78, 5) is 0. The van der Waals surface area contributed by atoms with E-state index < -0.39 is 0 Å². The monoisotopic (exact) mass is 206 g/mol. The van der Waals surface area contributed by atoms with Crippen LogP contribution in [0.15, 0.2) is 18.2 Å². The van der Waals surface area contributed by atoms with Crippen molar-refractivity contribution < 1.29 is 4.74 Å². The predicted octanol–water partition coefficient (Wildman–Crippen LogP) is 4.26. The van der Waals surface area contributed by atoms with Crippen molar-refractivity contribution in [1.82, 2.24) is 0 Å². The van der Waals surface area contributed by atoms with Gasteiger partial charge in [0.25, 0.3) is 0 Å². The van der Waals surface area contributed by atoms with Crippen LogP contribution in [0.5, 0.6) is 5.75 Å². The average molecular weight is 206 g/mol. The lowest BCUT2D eigenvalue weighted by Crippen LogP contribution is -1.97. The Kier molecular flexibility index (Phi) is 5.23. The summed E-state index contributed by atoms with van der Waals surface area (Å²) < 4.78 is 5.71. The second-order valence-electron chi connectivity index (χ2n) is 4.23. The minimum Gasteiger partial charge on any atom is -0.494 e. The van der Waals surface area contributed by atoms with E-state index in [0.29, 0.717) is 0 Å². The standard InChI is InChI=1S/C14H22O/c1-4-5-6-7-8-15-14-10-12(2)9-13(3)11-14/h9-11H,4-8H2,1-3H3. The minimum absolute atomic E-state index is 0.850. The topological polar surface area (TPSA) is 9.23 Å². The molecule has 1 aromatic rings. The summed E-state index contributed by atoms with van der Waals surface area (Å²) in [6, 6.07) is 6.38. The lowest BCUT2D eigenvalue weighted by atomic mass is 10.1. The molecule has 0 radical (unpaired) electrons. The van der Waals surface area contributed by atoms with Crippen LogP contribution in [0.2, 0.25) is 0 Å². The number of aryl methyl sites for hydroxylation is 2. The Hall–Kier alpha value is -0.980. The van der Waals surface area contributed by atoms with Crippen molar-refractivity contribution >= 4 is 0 Å². The molecule has 84 valence electrons. The fraction of sp³-hybridized carbons (Fsp3) is 0.571. The van der Waals surface area contributed by atoms with Crippen molar-refractivity contribution in [3.8, 4) is 5.75 Å². The highest BCUT2D eigenvalue weighted by atomic mass is 16.5. The van der Waals surface area contributed by atoms with Crippen molar-refractivity contribution in [1.29, 1.82) is 0 Å². The van der Waals surface area contributed by atoms with Gasteiger partial charge < -0.3 is 4.74 Å². The maximum Gasteiger partial charge on any atom is 0.119 e. The lowest BCUT2D eigenvalue weighted by Gasteiger charge is -2.07. The molecule has 0 saturated carbocycles. The molecule has 0 unspecified atom stereocenters. The first-order valence-corrected chi connectivity index (χ1v) is 5.93. The van der Waals surface area contributed by atoms with E-state index in [0.717, 1.165) is 12.4 Å². The third-order valence-corrected chi connectivity index (χ3v) is 2.46. The Morgan fingerprint density at radius 2 is 1.60 bits per heavy atom. The van der Waals surface area contributed by atoms with Crippen molar-refractivity contribution in [2.24, 2.45) is 0 Å². The summed E-state index contributed by atoms with van der Waals surface area (Å²) in [5.74, 6) is 1.02. The number of ether oxygens (including phenoxy) is 1. The normalized spacial score (nSPS) is 10.3. The Labute approximate surface area is 93.5 Å². The highest BCUT2D eigenvalue weighted by Crippen LogP contribution is 2.16. The highest BCUT2D eigenvalue weighted by Gasteiger charge is 1.96. The first kappa shape index (κ1) is 12.1. The number of hydrogen-bond acceptors (Lipinski definition) is 1. The third kappa shape index (κ3) is 4.87. The third-order valence-electron chi connectivity index (χ3n) is 2.46. The molecule has 0 amide bonds. The van der Waals surface area contributed by atoms with E-state index in [4.69, 9.17) is 4.74 Å². The largest absolute Gasteiger partial charge is 0.494 e. The van der Waals surface area contributed by atoms with Gasteiger partial charge in [-0.25, -0.2) is 0 Å². The van der Waals surface area contributed by atoms with Gasteiger partial charge in [0, 0.05) is 0 Å². The maximum atomic E-state index is 5.71. The fourth-order valence-electron chi connectivity index (χ4n) is 1.74. The highest BCUT2D eigenvalue weighted by molar-refractivity contribution is 5.32. The first-order valence-electron chi connectivity index (χ1n) is 5.93. The van der Waals surface area contributed by atoms with Crippen molar-refractivity contribution in [2.75, 3.05) is 6.61 Å². The quantitative estimate of drug-likeness (QED) is 0.632. The van der Waals surface area contributed by atoms with E-state index in [1.165, 1.54) is 36.8 Å². The molecule has 1 aromatic carbocycles. The van der Waals surface area contributed by atoms with Gasteiger partial charge >= 0.3 is 0 Å². The minimum atomic E-state index is 0.850. The van der Waals surface area contributed by atoms with E-state index in [-0.39, 0.29) is 0 Å². The molecule has 0 bridgehead atoms. The van der Waals surface area contributed by atoms with Gasteiger partial charge in [-0.3, -0.25) is 0 Å². The lowest BCUT2D eigenvalue weighted by molar-refractivity contribution is 0.304. The molecule has 0 aliphatic heterocycles. The molecule has 0 saturated heterocycles. The Balaban J connectivity index is 2.31. The molecule has 0 fully saturated rings. The number of unbranched alkanes of at least 4 members (excludes halogenated alkanes) is 3. The molecule has 1 rings (SSSR count). The van der Waals surface area contributed by atoms with Crippen LogP contribution >= 0.6 is 0 Å². The summed E-state index contributed by atoms with van der Waals surface area (Å²) in [5, 5.41) is 0. The second-order valence-corrected chi connectivity index (χ2v) is 4.23. The summed E-state index contributed by atoms with van der Waals surface area (Å²) in [6.07, 6.45) is 5.04. The van der Waals surface area contributed by atoms with Crippen LogP contribution in [0.25, 0.3) is 0 Å². The second kappa shape index (κ2) is 6.49. The summed E-state index contributed by atoms with van der Waals surface area (Å²) in [5.41, 5.74) is 2.55. The zero-order valence-electron chi connectivity index (χ0n) is 10.2. The van der Waals surface area contributed by atoms with Crippen molar-refractivity contribution in [3.63, 3.8) is 0 Å². The van der Waals surface area contributed by atoms with E-state index in [2.05, 4.69) is 39.0 Å². The van der Waals surface area contributed by atoms with Gasteiger partial charge in [0.05, 0.1) is 6.61 Å². The van der Waals surface area contributed by atoms with Gasteiger partial charge in [-0.2, -0.15) is 0 Å².